The van der Waals surface area contributed by atoms with Crippen molar-refractivity contribution < 1.29 is 44.9 Å². The monoisotopic (exact) mass is 554 g/mol. The molecule has 198 valence electrons. The second-order valence-electron chi connectivity index (χ2n) is 6.89. The Bertz CT molecular complexity index is 1430. The molecule has 0 aromatic heterocycles. The molecule has 0 aliphatic rings. The van der Waals surface area contributed by atoms with Crippen LogP contribution in [-0.2, 0) is 29.7 Å². The highest BCUT2D eigenvalue weighted by molar-refractivity contribution is 7.86. The molecule has 37 heavy (non-hydrogen) atoms. The van der Waals surface area contributed by atoms with E-state index in [0.717, 1.165) is 0 Å². The quantitative estimate of drug-likeness (QED) is 0.196. The van der Waals surface area contributed by atoms with Crippen LogP contribution in [0.1, 0.15) is 6.42 Å². The molecule has 16 heteroatoms. The molecule has 0 amide bonds. The van der Waals surface area contributed by atoms with Gasteiger partial charge in [0, 0.05) is 17.0 Å². The van der Waals surface area contributed by atoms with Crippen LogP contribution >= 0.6 is 0 Å². The van der Waals surface area contributed by atoms with Crippen LogP contribution in [0.5, 0.6) is 11.5 Å². The first kappa shape index (κ1) is 31.3. The Balaban J connectivity index is 3.15. The number of nitrogens with zero attached hydrogens (tertiary/aromatic N) is 4. The summed E-state index contributed by atoms with van der Waals surface area (Å²) in [6.07, 6.45) is 0.0449. The predicted molar refractivity (Wildman–Crippen MR) is 125 cm³/mol. The minimum absolute atomic E-state index is 0.00218. The van der Waals surface area contributed by atoms with Crippen LogP contribution in [0.4, 0.5) is 0 Å². The van der Waals surface area contributed by atoms with Crippen molar-refractivity contribution >= 4 is 31.4 Å². The third-order valence-electron chi connectivity index (χ3n) is 4.21. The topological polar surface area (TPSA) is 241 Å². The maximum atomic E-state index is 10.7. The SMILES string of the molecule is N#CC(C#N)=c1cc(OCCOCCS(=O)(=O)O)c(=C(C#N)C#N)cc1OCCOCCCS(=O)(=O)O. The fourth-order valence-corrected chi connectivity index (χ4v) is 3.42. The van der Waals surface area contributed by atoms with Crippen molar-refractivity contribution in [3.8, 4) is 35.8 Å². The molecule has 1 rings (SSSR count). The summed E-state index contributed by atoms with van der Waals surface area (Å²) < 4.78 is 81.6. The molecule has 14 nitrogen and oxygen atoms in total. The minimum Gasteiger partial charge on any atom is -0.490 e. The number of nitriles is 4. The molecule has 0 aliphatic carbocycles. The molecule has 1 aromatic carbocycles. The van der Waals surface area contributed by atoms with Gasteiger partial charge in [-0.15, -0.1) is 0 Å². The molecule has 1 aromatic rings. The van der Waals surface area contributed by atoms with Gasteiger partial charge in [-0.1, -0.05) is 0 Å². The molecule has 2 N–H and O–H groups in total. The van der Waals surface area contributed by atoms with E-state index in [1.807, 2.05) is 0 Å². The number of benzene rings is 1. The van der Waals surface area contributed by atoms with Gasteiger partial charge in [0.05, 0.1) is 31.3 Å². The molecule has 0 fully saturated rings. The molecule has 0 heterocycles. The zero-order valence-electron chi connectivity index (χ0n) is 19.3. The first-order valence-electron chi connectivity index (χ1n) is 10.3. The van der Waals surface area contributed by atoms with Crippen LogP contribution in [0.2, 0.25) is 0 Å². The van der Waals surface area contributed by atoms with Crippen molar-refractivity contribution in [1.29, 1.82) is 21.0 Å². The summed E-state index contributed by atoms with van der Waals surface area (Å²) in [5, 5.41) is 37.3. The minimum atomic E-state index is -4.20. The van der Waals surface area contributed by atoms with Crippen LogP contribution < -0.4 is 19.9 Å². The summed E-state index contributed by atoms with van der Waals surface area (Å²) in [4.78, 5) is 0. The van der Waals surface area contributed by atoms with Crippen LogP contribution in [-0.4, -0.2) is 77.1 Å². The molecule has 0 radical (unpaired) electrons. The van der Waals surface area contributed by atoms with E-state index >= 15 is 0 Å². The van der Waals surface area contributed by atoms with E-state index in [1.165, 1.54) is 12.1 Å². The van der Waals surface area contributed by atoms with E-state index in [4.69, 9.17) is 28.1 Å². The van der Waals surface area contributed by atoms with E-state index in [1.54, 1.807) is 24.3 Å². The average molecular weight is 555 g/mol. The van der Waals surface area contributed by atoms with Gasteiger partial charge < -0.3 is 18.9 Å². The lowest BCUT2D eigenvalue weighted by atomic mass is 10.1. The largest absolute Gasteiger partial charge is 0.490 e. The summed E-state index contributed by atoms with van der Waals surface area (Å²) in [6, 6.07) is 9.29. The first-order valence-corrected chi connectivity index (χ1v) is 13.5. The Labute approximate surface area is 213 Å². The summed E-state index contributed by atoms with van der Waals surface area (Å²) in [6.45, 7) is -0.735. The van der Waals surface area contributed by atoms with E-state index in [9.17, 15) is 37.9 Å². The summed E-state index contributed by atoms with van der Waals surface area (Å²) in [5.41, 5.74) is -0.726. The highest BCUT2D eigenvalue weighted by Crippen LogP contribution is 2.11. The second kappa shape index (κ2) is 15.4. The third kappa shape index (κ3) is 12.2. The van der Waals surface area contributed by atoms with Crippen LogP contribution in [0.3, 0.4) is 0 Å². The molecule has 0 saturated carbocycles. The smallest absolute Gasteiger partial charge is 0.267 e. The highest BCUT2D eigenvalue weighted by Gasteiger charge is 2.12. The van der Waals surface area contributed by atoms with Crippen LogP contribution in [0.15, 0.2) is 12.1 Å². The predicted octanol–water partition coefficient (Wildman–Crippen LogP) is -0.961. The third-order valence-corrected chi connectivity index (χ3v) is 5.70. The van der Waals surface area contributed by atoms with E-state index in [0.29, 0.717) is 0 Å². The Morgan fingerprint density at radius 2 is 1.05 bits per heavy atom. The summed E-state index contributed by atoms with van der Waals surface area (Å²) >= 11 is 0. The number of rotatable bonds is 15. The van der Waals surface area contributed by atoms with Gasteiger partial charge in [0.25, 0.3) is 20.2 Å². The first-order chi connectivity index (χ1) is 17.5. The second-order valence-corrected chi connectivity index (χ2v) is 10.0. The molecule has 0 spiro atoms. The Morgan fingerprint density at radius 3 is 1.43 bits per heavy atom. The van der Waals surface area contributed by atoms with E-state index in [-0.39, 0.29) is 79.1 Å². The number of ether oxygens (including phenoxy) is 4. The zero-order chi connectivity index (χ0) is 27.9. The van der Waals surface area contributed by atoms with E-state index < -0.39 is 31.7 Å². The van der Waals surface area contributed by atoms with Crippen molar-refractivity contribution in [2.45, 2.75) is 6.42 Å². The van der Waals surface area contributed by atoms with Gasteiger partial charge in [-0.25, -0.2) is 0 Å². The van der Waals surface area contributed by atoms with Crippen molar-refractivity contribution in [2.75, 3.05) is 51.1 Å². The fourth-order valence-electron chi connectivity index (χ4n) is 2.61. The molecular formula is C21H22N4O10S2. The molecule has 0 bridgehead atoms. The van der Waals surface area contributed by atoms with E-state index in [2.05, 4.69) is 0 Å². The van der Waals surface area contributed by atoms with Gasteiger partial charge in [0.1, 0.15) is 60.1 Å². The number of hydrogen-bond acceptors (Lipinski definition) is 12. The van der Waals surface area contributed by atoms with Crippen LogP contribution in [0.25, 0.3) is 11.1 Å². The normalized spacial score (nSPS) is 10.9. The van der Waals surface area contributed by atoms with Gasteiger partial charge in [-0.2, -0.15) is 37.9 Å². The Hall–Kier alpha value is -3.74. The standard InChI is InChI=1S/C21H22N4O10S2/c22-12-16(13-23)18-11-21(35-6-4-33-7-9-37(29,30)31)19(17(14-24)15-25)10-20(18)34-5-3-32-2-1-8-36(26,27)28/h10-11H,1-9H2,(H,26,27,28)(H,29,30,31). The molecular weight excluding hydrogens is 532 g/mol. The highest BCUT2D eigenvalue weighted by atomic mass is 32.2. The van der Waals surface area contributed by atoms with Gasteiger partial charge >= 0.3 is 0 Å². The summed E-state index contributed by atoms with van der Waals surface area (Å²) in [7, 11) is -8.30. The molecule has 0 atom stereocenters. The summed E-state index contributed by atoms with van der Waals surface area (Å²) in [5.74, 6) is -1.18. The maximum Gasteiger partial charge on any atom is 0.267 e. The van der Waals surface area contributed by atoms with Gasteiger partial charge in [0.2, 0.25) is 0 Å². The Morgan fingerprint density at radius 1 is 0.649 bits per heavy atom. The van der Waals surface area contributed by atoms with Crippen molar-refractivity contribution in [1.82, 2.24) is 0 Å². The zero-order valence-corrected chi connectivity index (χ0v) is 20.9. The van der Waals surface area contributed by atoms with Crippen molar-refractivity contribution in [3.63, 3.8) is 0 Å². The van der Waals surface area contributed by atoms with Gasteiger partial charge in [-0.3, -0.25) is 9.11 Å². The van der Waals surface area contributed by atoms with Crippen molar-refractivity contribution in [3.05, 3.63) is 22.6 Å². The molecule has 0 aliphatic heterocycles. The maximum absolute atomic E-state index is 10.7. The lowest BCUT2D eigenvalue weighted by Crippen LogP contribution is -2.23. The van der Waals surface area contributed by atoms with Crippen LogP contribution in [0, 0.1) is 45.3 Å². The van der Waals surface area contributed by atoms with Gasteiger partial charge in [0.15, 0.2) is 0 Å². The average Bonchev–Trinajstić information content (AvgIpc) is 2.82. The number of hydrogen-bond donors (Lipinski definition) is 2. The van der Waals surface area contributed by atoms with Gasteiger partial charge in [-0.05, 0) is 18.6 Å². The Kier molecular flexibility index (Phi) is 13.0. The fraction of sp³-hybridized carbons (Fsp3) is 0.429. The van der Waals surface area contributed by atoms with Crippen molar-refractivity contribution in [2.24, 2.45) is 0 Å². The lowest BCUT2D eigenvalue weighted by Gasteiger charge is -2.12. The molecule has 0 saturated heterocycles. The molecule has 0 unspecified atom stereocenters. The lowest BCUT2D eigenvalue weighted by molar-refractivity contribution is 0.100.